The molecule has 0 unspecified atom stereocenters. The Hall–Kier alpha value is -0.550. The molecule has 16 heavy (non-hydrogen) atoms. The van der Waals surface area contributed by atoms with Crippen LogP contribution in [-0.2, 0) is 6.54 Å². The molecule has 1 aromatic carbocycles. The van der Waals surface area contributed by atoms with Gasteiger partial charge in [0.15, 0.2) is 0 Å². The van der Waals surface area contributed by atoms with Gasteiger partial charge in [-0.15, -0.1) is 5.10 Å². The average molecular weight is 295 g/mol. The van der Waals surface area contributed by atoms with Crippen LogP contribution in [0.2, 0.25) is 15.1 Å². The standard InChI is InChI=1S/C9H6Cl3N3S/c10-5-1-7(11)9(8(12)2-5)13-3-6-4-16-15-14-6/h1-2,4,13H,3H2. The van der Waals surface area contributed by atoms with E-state index >= 15 is 0 Å². The monoisotopic (exact) mass is 293 g/mol. The summed E-state index contributed by atoms with van der Waals surface area (Å²) in [5, 5.41) is 10.3. The van der Waals surface area contributed by atoms with Gasteiger partial charge in [0, 0.05) is 10.4 Å². The van der Waals surface area contributed by atoms with Crippen LogP contribution in [0.25, 0.3) is 0 Å². The molecule has 0 fully saturated rings. The summed E-state index contributed by atoms with van der Waals surface area (Å²) in [6.45, 7) is 0.525. The summed E-state index contributed by atoms with van der Waals surface area (Å²) in [4.78, 5) is 0. The molecule has 0 saturated carbocycles. The zero-order chi connectivity index (χ0) is 11.5. The van der Waals surface area contributed by atoms with Crippen LogP contribution in [0.4, 0.5) is 5.69 Å². The molecule has 0 aliphatic heterocycles. The molecule has 84 valence electrons. The third-order valence-corrected chi connectivity index (χ3v) is 3.23. The summed E-state index contributed by atoms with van der Waals surface area (Å²) in [5.74, 6) is 0. The van der Waals surface area contributed by atoms with Crippen LogP contribution in [0, 0.1) is 0 Å². The Bertz CT molecular complexity index is 464. The summed E-state index contributed by atoms with van der Waals surface area (Å²) >= 11 is 19.1. The summed E-state index contributed by atoms with van der Waals surface area (Å²) < 4.78 is 3.76. The number of hydrogen-bond donors (Lipinski definition) is 1. The summed E-state index contributed by atoms with van der Waals surface area (Å²) in [5.41, 5.74) is 1.49. The van der Waals surface area contributed by atoms with Crippen molar-refractivity contribution >= 4 is 52.0 Å². The van der Waals surface area contributed by atoms with Crippen molar-refractivity contribution in [2.45, 2.75) is 6.54 Å². The molecule has 7 heteroatoms. The van der Waals surface area contributed by atoms with E-state index in [4.69, 9.17) is 34.8 Å². The van der Waals surface area contributed by atoms with Gasteiger partial charge in [-0.05, 0) is 23.7 Å². The third kappa shape index (κ3) is 2.77. The van der Waals surface area contributed by atoms with E-state index in [9.17, 15) is 0 Å². The number of aromatic nitrogens is 2. The van der Waals surface area contributed by atoms with Crippen molar-refractivity contribution in [1.82, 2.24) is 9.59 Å². The van der Waals surface area contributed by atoms with Crippen molar-refractivity contribution in [2.75, 3.05) is 5.32 Å². The second kappa shape index (κ2) is 5.19. The van der Waals surface area contributed by atoms with E-state index in [0.29, 0.717) is 27.3 Å². The molecular weight excluding hydrogens is 289 g/mol. The van der Waals surface area contributed by atoms with E-state index in [1.54, 1.807) is 12.1 Å². The van der Waals surface area contributed by atoms with E-state index in [1.807, 2.05) is 5.38 Å². The first-order chi connectivity index (χ1) is 7.66. The second-order valence-electron chi connectivity index (χ2n) is 2.99. The fraction of sp³-hybridized carbons (Fsp3) is 0.111. The number of anilines is 1. The number of rotatable bonds is 3. The van der Waals surface area contributed by atoms with Crippen molar-refractivity contribution in [3.8, 4) is 0 Å². The van der Waals surface area contributed by atoms with E-state index in [1.165, 1.54) is 11.5 Å². The summed E-state index contributed by atoms with van der Waals surface area (Å²) in [7, 11) is 0. The van der Waals surface area contributed by atoms with Crippen molar-refractivity contribution in [1.29, 1.82) is 0 Å². The zero-order valence-corrected chi connectivity index (χ0v) is 11.0. The molecule has 2 rings (SSSR count). The first-order valence-electron chi connectivity index (χ1n) is 4.31. The lowest BCUT2D eigenvalue weighted by Crippen LogP contribution is -2.01. The van der Waals surface area contributed by atoms with Crippen molar-refractivity contribution < 1.29 is 0 Å². The van der Waals surface area contributed by atoms with Gasteiger partial charge in [-0.2, -0.15) is 0 Å². The number of benzene rings is 1. The minimum atomic E-state index is 0.487. The van der Waals surface area contributed by atoms with Crippen LogP contribution in [-0.4, -0.2) is 9.59 Å². The van der Waals surface area contributed by atoms with Gasteiger partial charge >= 0.3 is 0 Å². The van der Waals surface area contributed by atoms with E-state index in [-0.39, 0.29) is 0 Å². The number of nitrogens with one attached hydrogen (secondary N) is 1. The van der Waals surface area contributed by atoms with Crippen LogP contribution in [0.1, 0.15) is 5.69 Å². The molecule has 3 nitrogen and oxygen atoms in total. The maximum absolute atomic E-state index is 6.01. The van der Waals surface area contributed by atoms with E-state index in [0.717, 1.165) is 5.69 Å². The van der Waals surface area contributed by atoms with E-state index in [2.05, 4.69) is 14.9 Å². The van der Waals surface area contributed by atoms with Gasteiger partial charge < -0.3 is 5.32 Å². The molecule has 2 aromatic rings. The molecular formula is C9H6Cl3N3S. The quantitative estimate of drug-likeness (QED) is 0.925. The normalized spacial score (nSPS) is 10.4. The molecule has 1 aromatic heterocycles. The Kier molecular flexibility index (Phi) is 3.86. The minimum Gasteiger partial charge on any atom is -0.377 e. The SMILES string of the molecule is Clc1cc(Cl)c(NCc2csnn2)c(Cl)c1. The van der Waals surface area contributed by atoms with Crippen LogP contribution in [0.3, 0.4) is 0 Å². The lowest BCUT2D eigenvalue weighted by molar-refractivity contribution is 0.999. The number of hydrogen-bond acceptors (Lipinski definition) is 4. The molecule has 0 aliphatic carbocycles. The minimum absolute atomic E-state index is 0.487. The van der Waals surface area contributed by atoms with Gasteiger partial charge in [0.05, 0.1) is 28.0 Å². The van der Waals surface area contributed by atoms with Crippen LogP contribution in [0.15, 0.2) is 17.5 Å². The van der Waals surface area contributed by atoms with Crippen LogP contribution in [0.5, 0.6) is 0 Å². The second-order valence-corrected chi connectivity index (χ2v) is 4.85. The van der Waals surface area contributed by atoms with Crippen molar-refractivity contribution in [3.63, 3.8) is 0 Å². The molecule has 1 heterocycles. The molecule has 0 atom stereocenters. The maximum atomic E-state index is 6.01. The average Bonchev–Trinajstić information content (AvgIpc) is 2.68. The highest BCUT2D eigenvalue weighted by Gasteiger charge is 2.07. The molecule has 0 aliphatic rings. The summed E-state index contributed by atoms with van der Waals surface area (Å²) in [6.07, 6.45) is 0. The molecule has 0 bridgehead atoms. The van der Waals surface area contributed by atoms with Gasteiger partial charge in [0.2, 0.25) is 0 Å². The van der Waals surface area contributed by atoms with Crippen LogP contribution < -0.4 is 5.32 Å². The molecule has 1 N–H and O–H groups in total. The Morgan fingerprint density at radius 2 is 1.88 bits per heavy atom. The Balaban J connectivity index is 2.15. The molecule has 0 saturated heterocycles. The topological polar surface area (TPSA) is 37.8 Å². The molecule has 0 spiro atoms. The largest absolute Gasteiger partial charge is 0.377 e. The highest BCUT2D eigenvalue weighted by molar-refractivity contribution is 7.03. The summed E-state index contributed by atoms with van der Waals surface area (Å²) in [6, 6.07) is 3.27. The van der Waals surface area contributed by atoms with Crippen molar-refractivity contribution in [3.05, 3.63) is 38.3 Å². The predicted octanol–water partition coefficient (Wildman–Crippen LogP) is 4.11. The lowest BCUT2D eigenvalue weighted by atomic mass is 10.3. The van der Waals surface area contributed by atoms with E-state index < -0.39 is 0 Å². The lowest BCUT2D eigenvalue weighted by Gasteiger charge is -2.09. The van der Waals surface area contributed by atoms with Crippen molar-refractivity contribution in [2.24, 2.45) is 0 Å². The van der Waals surface area contributed by atoms with Gasteiger partial charge in [-0.3, -0.25) is 0 Å². The van der Waals surface area contributed by atoms with Gasteiger partial charge in [0.25, 0.3) is 0 Å². The first kappa shape index (κ1) is 11.9. The van der Waals surface area contributed by atoms with Gasteiger partial charge in [0.1, 0.15) is 0 Å². The highest BCUT2D eigenvalue weighted by Crippen LogP contribution is 2.33. The smallest absolute Gasteiger partial charge is 0.0946 e. The van der Waals surface area contributed by atoms with Gasteiger partial charge in [-0.1, -0.05) is 39.3 Å². The Morgan fingerprint density at radius 1 is 1.19 bits per heavy atom. The maximum Gasteiger partial charge on any atom is 0.0946 e. The fourth-order valence-corrected chi connectivity index (χ4v) is 2.55. The Morgan fingerprint density at radius 3 is 2.44 bits per heavy atom. The van der Waals surface area contributed by atoms with Gasteiger partial charge in [-0.25, -0.2) is 0 Å². The third-order valence-electron chi connectivity index (χ3n) is 1.86. The van der Waals surface area contributed by atoms with Crippen LogP contribution >= 0.6 is 46.3 Å². The highest BCUT2D eigenvalue weighted by atomic mass is 35.5. The zero-order valence-electron chi connectivity index (χ0n) is 7.88. The Labute approximate surface area is 112 Å². The fourth-order valence-electron chi connectivity index (χ4n) is 1.15. The number of halogens is 3. The molecule has 0 radical (unpaired) electrons. The first-order valence-corrected chi connectivity index (χ1v) is 6.28. The predicted molar refractivity (Wildman–Crippen MR) is 68.7 cm³/mol. The number of nitrogens with zero attached hydrogens (tertiary/aromatic N) is 2. The molecule has 0 amide bonds.